The SMILES string of the molecule is CNc1nc(Nc2cccc(-c3ncn(C)n3)c2)nc2c1ncn2C(=O)NC1(C#N)CC1. The Labute approximate surface area is 182 Å². The quantitative estimate of drug-likeness (QED) is 0.433. The third kappa shape index (κ3) is 3.45. The third-order valence-electron chi connectivity index (χ3n) is 5.14. The van der Waals surface area contributed by atoms with Crippen LogP contribution in [0.4, 0.5) is 22.2 Å². The van der Waals surface area contributed by atoms with Crippen molar-refractivity contribution in [2.45, 2.75) is 18.4 Å². The number of hydrogen-bond acceptors (Lipinski definition) is 9. The lowest BCUT2D eigenvalue weighted by atomic mass is 10.2. The monoisotopic (exact) mass is 429 g/mol. The van der Waals surface area contributed by atoms with Crippen molar-refractivity contribution < 1.29 is 4.79 Å². The van der Waals surface area contributed by atoms with Crippen molar-refractivity contribution in [3.8, 4) is 17.5 Å². The Morgan fingerprint density at radius 3 is 2.75 bits per heavy atom. The maximum atomic E-state index is 12.8. The largest absolute Gasteiger partial charge is 0.371 e. The van der Waals surface area contributed by atoms with E-state index < -0.39 is 11.6 Å². The van der Waals surface area contributed by atoms with Gasteiger partial charge in [0.25, 0.3) is 0 Å². The van der Waals surface area contributed by atoms with Gasteiger partial charge in [-0.1, -0.05) is 12.1 Å². The van der Waals surface area contributed by atoms with Crippen LogP contribution in [0.5, 0.6) is 0 Å². The summed E-state index contributed by atoms with van der Waals surface area (Å²) in [5.74, 6) is 1.35. The predicted octanol–water partition coefficient (Wildman–Crippen LogP) is 2.02. The molecule has 1 amide bonds. The Hall–Kier alpha value is -4.53. The van der Waals surface area contributed by atoms with E-state index in [2.05, 4.69) is 47.1 Å². The summed E-state index contributed by atoms with van der Waals surface area (Å²) in [6, 6.07) is 9.22. The number of carbonyl (C=O) groups is 1. The van der Waals surface area contributed by atoms with Crippen LogP contribution in [-0.4, -0.2) is 52.9 Å². The number of aromatic nitrogens is 7. The van der Waals surface area contributed by atoms with Gasteiger partial charge in [0.15, 0.2) is 22.8 Å². The maximum absolute atomic E-state index is 12.8. The normalized spacial score (nSPS) is 14.0. The van der Waals surface area contributed by atoms with Crippen LogP contribution in [0.3, 0.4) is 0 Å². The van der Waals surface area contributed by atoms with Gasteiger partial charge in [0.05, 0.1) is 6.07 Å². The molecule has 12 nitrogen and oxygen atoms in total. The summed E-state index contributed by atoms with van der Waals surface area (Å²) >= 11 is 0. The van der Waals surface area contributed by atoms with Crippen LogP contribution in [0.1, 0.15) is 12.8 Å². The number of amides is 1. The molecule has 3 N–H and O–H groups in total. The van der Waals surface area contributed by atoms with Gasteiger partial charge in [-0.2, -0.15) is 20.3 Å². The summed E-state index contributed by atoms with van der Waals surface area (Å²) in [7, 11) is 3.52. The zero-order valence-electron chi connectivity index (χ0n) is 17.4. The molecular formula is C20H19N11O. The Balaban J connectivity index is 1.48. The molecule has 0 unspecified atom stereocenters. The topological polar surface area (TPSA) is 151 Å². The van der Waals surface area contributed by atoms with Crippen molar-refractivity contribution in [1.29, 1.82) is 5.26 Å². The van der Waals surface area contributed by atoms with Gasteiger partial charge in [-0.15, -0.1) is 0 Å². The summed E-state index contributed by atoms with van der Waals surface area (Å²) in [5, 5.41) is 22.5. The van der Waals surface area contributed by atoms with Crippen LogP contribution in [-0.2, 0) is 7.05 Å². The van der Waals surface area contributed by atoms with Gasteiger partial charge in [0, 0.05) is 25.3 Å². The summed E-state index contributed by atoms with van der Waals surface area (Å²) < 4.78 is 2.92. The summed E-state index contributed by atoms with van der Waals surface area (Å²) in [4.78, 5) is 30.3. The summed E-state index contributed by atoms with van der Waals surface area (Å²) in [6.07, 6.45) is 4.27. The van der Waals surface area contributed by atoms with Crippen LogP contribution < -0.4 is 16.0 Å². The average molecular weight is 429 g/mol. The second-order valence-electron chi connectivity index (χ2n) is 7.50. The standard InChI is InChI=1S/C20H19N11O/c1-22-16-14-17(31(11-23-14)19(32)28-20(9-21)6-7-20)27-18(26-16)25-13-5-3-4-12(8-13)15-24-10-30(2)29-15/h3-5,8,10-11H,6-7H2,1-2H3,(H,28,32)(H2,22,25,26,27). The fraction of sp³-hybridized carbons (Fsp3) is 0.250. The van der Waals surface area contributed by atoms with Crippen LogP contribution >= 0.6 is 0 Å². The molecule has 0 radical (unpaired) electrons. The first-order chi connectivity index (χ1) is 15.5. The third-order valence-corrected chi connectivity index (χ3v) is 5.14. The number of fused-ring (bicyclic) bond motifs is 1. The number of nitrogens with zero attached hydrogens (tertiary/aromatic N) is 8. The number of hydrogen-bond donors (Lipinski definition) is 3. The van der Waals surface area contributed by atoms with E-state index in [0.717, 1.165) is 11.3 Å². The molecule has 0 atom stereocenters. The van der Waals surface area contributed by atoms with Crippen molar-refractivity contribution in [2.75, 3.05) is 17.7 Å². The molecule has 0 aliphatic heterocycles. The smallest absolute Gasteiger partial charge is 0.329 e. The highest BCUT2D eigenvalue weighted by molar-refractivity contribution is 5.93. The molecule has 160 valence electrons. The molecule has 12 heteroatoms. The molecule has 1 fully saturated rings. The van der Waals surface area contributed by atoms with Crippen LogP contribution in [0.15, 0.2) is 36.9 Å². The number of carbonyl (C=O) groups excluding carboxylic acids is 1. The summed E-state index contributed by atoms with van der Waals surface area (Å²) in [5.41, 5.74) is 1.53. The second-order valence-corrected chi connectivity index (χ2v) is 7.50. The zero-order chi connectivity index (χ0) is 22.3. The van der Waals surface area contributed by atoms with Gasteiger partial charge in [-0.25, -0.2) is 19.3 Å². The van der Waals surface area contributed by atoms with Gasteiger partial charge in [0.2, 0.25) is 5.95 Å². The van der Waals surface area contributed by atoms with Gasteiger partial charge in [0.1, 0.15) is 18.2 Å². The minimum atomic E-state index is -0.798. The highest BCUT2D eigenvalue weighted by Crippen LogP contribution is 2.34. The molecule has 0 saturated heterocycles. The minimum absolute atomic E-state index is 0.281. The van der Waals surface area contributed by atoms with Crippen molar-refractivity contribution in [3.63, 3.8) is 0 Å². The van der Waals surface area contributed by atoms with E-state index in [4.69, 9.17) is 0 Å². The number of benzene rings is 1. The number of aryl methyl sites for hydroxylation is 1. The first-order valence-electron chi connectivity index (χ1n) is 9.90. The molecule has 3 aromatic heterocycles. The Bertz CT molecular complexity index is 1380. The number of nitrogens with one attached hydrogen (secondary N) is 3. The lowest BCUT2D eigenvalue weighted by Crippen LogP contribution is -2.38. The maximum Gasteiger partial charge on any atom is 0.329 e. The molecule has 1 aliphatic rings. The lowest BCUT2D eigenvalue weighted by molar-refractivity contribution is 0.240. The molecule has 5 rings (SSSR count). The Morgan fingerprint density at radius 2 is 2.06 bits per heavy atom. The highest BCUT2D eigenvalue weighted by Gasteiger charge is 2.45. The van der Waals surface area contributed by atoms with Gasteiger partial charge in [-0.05, 0) is 25.0 Å². The fourth-order valence-corrected chi connectivity index (χ4v) is 3.27. The van der Waals surface area contributed by atoms with E-state index in [1.165, 1.54) is 10.9 Å². The van der Waals surface area contributed by atoms with Crippen molar-refractivity contribution in [2.24, 2.45) is 7.05 Å². The Kier molecular flexibility index (Phi) is 4.44. The number of anilines is 3. The lowest BCUT2D eigenvalue weighted by Gasteiger charge is -2.11. The van der Waals surface area contributed by atoms with Gasteiger partial charge in [-0.3, -0.25) is 4.68 Å². The van der Waals surface area contributed by atoms with E-state index in [1.807, 2.05) is 31.3 Å². The van der Waals surface area contributed by atoms with E-state index in [-0.39, 0.29) is 5.95 Å². The Morgan fingerprint density at radius 1 is 1.22 bits per heavy atom. The van der Waals surface area contributed by atoms with Gasteiger partial charge >= 0.3 is 6.03 Å². The second kappa shape index (κ2) is 7.31. The number of imidazole rings is 1. The van der Waals surface area contributed by atoms with E-state index in [1.54, 1.807) is 18.1 Å². The van der Waals surface area contributed by atoms with Gasteiger partial charge < -0.3 is 16.0 Å². The molecule has 4 aromatic rings. The first-order valence-corrected chi connectivity index (χ1v) is 9.90. The van der Waals surface area contributed by atoms with Crippen LogP contribution in [0.2, 0.25) is 0 Å². The molecule has 0 bridgehead atoms. The number of nitriles is 1. The average Bonchev–Trinajstić information content (AvgIpc) is 3.21. The van der Waals surface area contributed by atoms with Crippen LogP contribution in [0, 0.1) is 11.3 Å². The predicted molar refractivity (Wildman–Crippen MR) is 116 cm³/mol. The molecule has 0 spiro atoms. The summed E-state index contributed by atoms with van der Waals surface area (Å²) in [6.45, 7) is 0. The molecular weight excluding hydrogens is 410 g/mol. The van der Waals surface area contributed by atoms with E-state index >= 15 is 0 Å². The molecule has 3 heterocycles. The first kappa shape index (κ1) is 19.4. The van der Waals surface area contributed by atoms with Crippen molar-refractivity contribution >= 4 is 34.6 Å². The van der Waals surface area contributed by atoms with E-state index in [9.17, 15) is 10.1 Å². The van der Waals surface area contributed by atoms with Crippen molar-refractivity contribution in [3.05, 3.63) is 36.9 Å². The highest BCUT2D eigenvalue weighted by atomic mass is 16.2. The molecule has 1 saturated carbocycles. The van der Waals surface area contributed by atoms with E-state index in [0.29, 0.717) is 35.6 Å². The molecule has 1 aliphatic carbocycles. The number of rotatable bonds is 5. The zero-order valence-corrected chi connectivity index (χ0v) is 17.4. The molecule has 32 heavy (non-hydrogen) atoms. The fourth-order valence-electron chi connectivity index (χ4n) is 3.27. The van der Waals surface area contributed by atoms with Crippen LogP contribution in [0.25, 0.3) is 22.6 Å². The molecule has 1 aromatic carbocycles. The minimum Gasteiger partial charge on any atom is -0.371 e. The van der Waals surface area contributed by atoms with Crippen molar-refractivity contribution in [1.82, 2.24) is 39.6 Å².